The first kappa shape index (κ1) is 14.2. The van der Waals surface area contributed by atoms with Crippen LogP contribution in [-0.4, -0.2) is 29.0 Å². The Balaban J connectivity index is 2.40. The summed E-state index contributed by atoms with van der Waals surface area (Å²) in [6.07, 6.45) is 2.98. The average molecular weight is 239 g/mol. The second kappa shape index (κ2) is 7.45. The van der Waals surface area contributed by atoms with Gasteiger partial charge in [-0.05, 0) is 20.3 Å². The van der Waals surface area contributed by atoms with Gasteiger partial charge >= 0.3 is 0 Å². The van der Waals surface area contributed by atoms with Crippen LogP contribution in [0, 0.1) is 6.92 Å². The van der Waals surface area contributed by atoms with Crippen molar-refractivity contribution in [1.29, 1.82) is 0 Å². The molecule has 1 aromatic rings. The molecule has 4 nitrogen and oxygen atoms in total. The largest absolute Gasteiger partial charge is 0.382 e. The van der Waals surface area contributed by atoms with Gasteiger partial charge in [0.2, 0.25) is 0 Å². The van der Waals surface area contributed by atoms with E-state index in [1.807, 2.05) is 13.1 Å². The molecule has 0 saturated carbocycles. The molecule has 0 radical (unpaired) electrons. The second-order valence-electron chi connectivity index (χ2n) is 4.56. The summed E-state index contributed by atoms with van der Waals surface area (Å²) < 4.78 is 7.39. The molecule has 1 rings (SSSR count). The molecule has 0 saturated heterocycles. The zero-order chi connectivity index (χ0) is 12.7. The number of rotatable bonds is 8. The van der Waals surface area contributed by atoms with Gasteiger partial charge in [0.15, 0.2) is 0 Å². The van der Waals surface area contributed by atoms with Gasteiger partial charge in [-0.25, -0.2) is 0 Å². The fourth-order valence-electron chi connectivity index (χ4n) is 1.66. The zero-order valence-electron chi connectivity index (χ0n) is 11.5. The summed E-state index contributed by atoms with van der Waals surface area (Å²) in [5.41, 5.74) is 2.55. The fraction of sp³-hybridized carbons (Fsp3) is 0.769. The minimum absolute atomic E-state index is 0.510. The third kappa shape index (κ3) is 4.88. The van der Waals surface area contributed by atoms with Crippen LogP contribution in [0.3, 0.4) is 0 Å². The quantitative estimate of drug-likeness (QED) is 0.706. The van der Waals surface area contributed by atoms with Crippen molar-refractivity contribution in [2.45, 2.75) is 53.2 Å². The molecule has 0 aliphatic carbocycles. The molecule has 0 aromatic carbocycles. The van der Waals surface area contributed by atoms with Gasteiger partial charge in [0.25, 0.3) is 0 Å². The summed E-state index contributed by atoms with van der Waals surface area (Å²) in [7, 11) is 0. The van der Waals surface area contributed by atoms with Crippen molar-refractivity contribution in [1.82, 2.24) is 15.1 Å². The Morgan fingerprint density at radius 1 is 1.47 bits per heavy atom. The molecular weight excluding hydrogens is 214 g/mol. The van der Waals surface area contributed by atoms with E-state index in [-0.39, 0.29) is 0 Å². The van der Waals surface area contributed by atoms with Crippen molar-refractivity contribution < 1.29 is 4.74 Å². The Kier molecular flexibility index (Phi) is 6.22. The first-order valence-corrected chi connectivity index (χ1v) is 6.47. The van der Waals surface area contributed by atoms with Crippen LogP contribution in [0.25, 0.3) is 0 Å². The topological polar surface area (TPSA) is 39.1 Å². The summed E-state index contributed by atoms with van der Waals surface area (Å²) in [6, 6.07) is 0.510. The second-order valence-corrected chi connectivity index (χ2v) is 4.56. The van der Waals surface area contributed by atoms with Gasteiger partial charge in [-0.3, -0.25) is 4.68 Å². The Labute approximate surface area is 104 Å². The lowest BCUT2D eigenvalue weighted by atomic mass is 10.2. The molecule has 0 bridgehead atoms. The van der Waals surface area contributed by atoms with E-state index in [0.717, 1.165) is 32.7 Å². The summed E-state index contributed by atoms with van der Waals surface area (Å²) in [6.45, 7) is 11.9. The lowest BCUT2D eigenvalue weighted by Crippen LogP contribution is -2.22. The predicted molar refractivity (Wildman–Crippen MR) is 70.0 cm³/mol. The van der Waals surface area contributed by atoms with E-state index in [2.05, 4.69) is 35.9 Å². The Morgan fingerprint density at radius 3 is 2.88 bits per heavy atom. The number of hydrogen-bond acceptors (Lipinski definition) is 3. The van der Waals surface area contributed by atoms with Crippen LogP contribution < -0.4 is 5.32 Å². The van der Waals surface area contributed by atoms with Crippen molar-refractivity contribution in [3.05, 3.63) is 17.5 Å². The highest BCUT2D eigenvalue weighted by Crippen LogP contribution is 2.07. The molecule has 0 aliphatic heterocycles. The molecule has 0 unspecified atom stereocenters. The molecule has 0 spiro atoms. The molecular formula is C13H25N3O. The summed E-state index contributed by atoms with van der Waals surface area (Å²) in [4.78, 5) is 0. The zero-order valence-corrected chi connectivity index (χ0v) is 11.5. The lowest BCUT2D eigenvalue weighted by molar-refractivity contribution is 0.140. The third-order valence-electron chi connectivity index (χ3n) is 2.77. The smallest absolute Gasteiger partial charge is 0.0537 e. The summed E-state index contributed by atoms with van der Waals surface area (Å²) in [5.74, 6) is 0. The number of ether oxygens (including phenoxy) is 1. The van der Waals surface area contributed by atoms with Gasteiger partial charge in [-0.15, -0.1) is 0 Å². The highest BCUT2D eigenvalue weighted by atomic mass is 16.5. The van der Waals surface area contributed by atoms with E-state index in [0.29, 0.717) is 6.04 Å². The maximum atomic E-state index is 5.33. The minimum atomic E-state index is 0.510. The number of nitrogens with zero attached hydrogens (tertiary/aromatic N) is 2. The molecule has 1 N–H and O–H groups in total. The van der Waals surface area contributed by atoms with Crippen LogP contribution in [0.1, 0.15) is 38.4 Å². The van der Waals surface area contributed by atoms with E-state index < -0.39 is 0 Å². The molecule has 0 fully saturated rings. The molecule has 1 heterocycles. The van der Waals surface area contributed by atoms with Crippen LogP contribution in [0.5, 0.6) is 0 Å². The maximum absolute atomic E-state index is 5.33. The minimum Gasteiger partial charge on any atom is -0.382 e. The van der Waals surface area contributed by atoms with Crippen molar-refractivity contribution in [3.8, 4) is 0 Å². The van der Waals surface area contributed by atoms with E-state index in [4.69, 9.17) is 4.74 Å². The van der Waals surface area contributed by atoms with Crippen LogP contribution in [0.15, 0.2) is 6.20 Å². The van der Waals surface area contributed by atoms with Crippen LogP contribution in [-0.2, 0) is 17.8 Å². The standard InChI is InChI=1S/C13H25N3O/c1-5-17-8-6-7-16-12(4)13(10-15-16)9-14-11(2)3/h10-11,14H,5-9H2,1-4H3. The summed E-state index contributed by atoms with van der Waals surface area (Å²) >= 11 is 0. The van der Waals surface area contributed by atoms with Crippen molar-refractivity contribution in [2.24, 2.45) is 0 Å². The molecule has 0 amide bonds. The average Bonchev–Trinajstić information content (AvgIpc) is 2.63. The fourth-order valence-corrected chi connectivity index (χ4v) is 1.66. The van der Waals surface area contributed by atoms with Gasteiger partial charge in [0.1, 0.15) is 0 Å². The SMILES string of the molecule is CCOCCCn1ncc(CNC(C)C)c1C. The Hall–Kier alpha value is -0.870. The van der Waals surface area contributed by atoms with Crippen molar-refractivity contribution >= 4 is 0 Å². The molecule has 0 aliphatic rings. The van der Waals surface area contributed by atoms with Crippen LogP contribution in [0.2, 0.25) is 0 Å². The highest BCUT2D eigenvalue weighted by Gasteiger charge is 2.06. The normalized spacial score (nSPS) is 11.4. The number of aryl methyl sites for hydroxylation is 1. The van der Waals surface area contributed by atoms with Gasteiger partial charge in [0.05, 0.1) is 6.20 Å². The van der Waals surface area contributed by atoms with Crippen molar-refractivity contribution in [2.75, 3.05) is 13.2 Å². The maximum Gasteiger partial charge on any atom is 0.0537 e. The monoisotopic (exact) mass is 239 g/mol. The van der Waals surface area contributed by atoms with Crippen LogP contribution in [0.4, 0.5) is 0 Å². The van der Waals surface area contributed by atoms with E-state index >= 15 is 0 Å². The molecule has 4 heteroatoms. The van der Waals surface area contributed by atoms with Gasteiger partial charge < -0.3 is 10.1 Å². The Bertz CT molecular complexity index is 320. The first-order chi connectivity index (χ1) is 8.15. The van der Waals surface area contributed by atoms with E-state index in [9.17, 15) is 0 Å². The van der Waals surface area contributed by atoms with E-state index in [1.165, 1.54) is 11.3 Å². The predicted octanol–water partition coefficient (Wildman–Crippen LogP) is 2.12. The third-order valence-corrected chi connectivity index (χ3v) is 2.77. The van der Waals surface area contributed by atoms with E-state index in [1.54, 1.807) is 0 Å². The number of aromatic nitrogens is 2. The van der Waals surface area contributed by atoms with Gasteiger partial charge in [-0.1, -0.05) is 13.8 Å². The first-order valence-electron chi connectivity index (χ1n) is 6.47. The van der Waals surface area contributed by atoms with Gasteiger partial charge in [0, 0.05) is 43.6 Å². The Morgan fingerprint density at radius 2 is 2.24 bits per heavy atom. The highest BCUT2D eigenvalue weighted by molar-refractivity contribution is 5.15. The van der Waals surface area contributed by atoms with Crippen LogP contribution >= 0.6 is 0 Å². The van der Waals surface area contributed by atoms with Gasteiger partial charge in [-0.2, -0.15) is 5.10 Å². The number of hydrogen-bond donors (Lipinski definition) is 1. The molecule has 98 valence electrons. The lowest BCUT2D eigenvalue weighted by Gasteiger charge is -2.08. The number of nitrogens with one attached hydrogen (secondary N) is 1. The molecule has 1 aromatic heterocycles. The van der Waals surface area contributed by atoms with Crippen molar-refractivity contribution in [3.63, 3.8) is 0 Å². The molecule has 0 atom stereocenters. The summed E-state index contributed by atoms with van der Waals surface area (Å²) in [5, 5.41) is 7.83. The molecule has 17 heavy (non-hydrogen) atoms.